The summed E-state index contributed by atoms with van der Waals surface area (Å²) in [4.78, 5) is 35.4. The third-order valence-electron chi connectivity index (χ3n) is 3.95. The van der Waals surface area contributed by atoms with Gasteiger partial charge in [0.25, 0.3) is 5.69 Å². The van der Waals surface area contributed by atoms with Gasteiger partial charge < -0.3 is 14.0 Å². The Morgan fingerprint density at radius 2 is 2.12 bits per heavy atom. The van der Waals surface area contributed by atoms with E-state index >= 15 is 0 Å². The lowest BCUT2D eigenvalue weighted by molar-refractivity contribution is -0.384. The Labute approximate surface area is 136 Å². The van der Waals surface area contributed by atoms with E-state index in [0.717, 1.165) is 12.8 Å². The van der Waals surface area contributed by atoms with Crippen molar-refractivity contribution >= 4 is 22.6 Å². The molecule has 1 aromatic carbocycles. The molecule has 8 heteroatoms. The highest BCUT2D eigenvalue weighted by atomic mass is 16.6. The third kappa shape index (κ3) is 2.60. The quantitative estimate of drug-likeness (QED) is 0.473. The van der Waals surface area contributed by atoms with Crippen molar-refractivity contribution in [1.82, 2.24) is 4.57 Å². The number of benzene rings is 1. The van der Waals surface area contributed by atoms with Gasteiger partial charge in [-0.3, -0.25) is 14.9 Å². The van der Waals surface area contributed by atoms with E-state index < -0.39 is 16.3 Å². The summed E-state index contributed by atoms with van der Waals surface area (Å²) in [6.07, 6.45) is 3.19. The summed E-state index contributed by atoms with van der Waals surface area (Å²) in [5, 5.41) is 11.3. The van der Waals surface area contributed by atoms with Crippen molar-refractivity contribution in [3.63, 3.8) is 0 Å². The number of nitro benzene ring substituents is 1. The number of carbonyl (C=O) groups excluding carboxylic acids is 1. The van der Waals surface area contributed by atoms with Gasteiger partial charge in [-0.05, 0) is 19.8 Å². The SMILES string of the molecule is CCOC(=O)c1cn(C2CC2)c2cc([N+](=O)[O-])cc(OC)c2c1=O. The average molecular weight is 332 g/mol. The van der Waals surface area contributed by atoms with Crippen LogP contribution >= 0.6 is 0 Å². The maximum atomic E-state index is 12.7. The fourth-order valence-corrected chi connectivity index (χ4v) is 2.70. The van der Waals surface area contributed by atoms with Crippen LogP contribution < -0.4 is 10.2 Å². The van der Waals surface area contributed by atoms with Crippen LogP contribution in [0.2, 0.25) is 0 Å². The maximum absolute atomic E-state index is 12.7. The molecule has 1 fully saturated rings. The smallest absolute Gasteiger partial charge is 0.343 e. The Kier molecular flexibility index (Phi) is 3.96. The van der Waals surface area contributed by atoms with E-state index in [2.05, 4.69) is 0 Å². The standard InChI is InChI=1S/C16H16N2O6/c1-3-24-16(20)11-8-17(9-4-5-9)12-6-10(18(21)22)7-13(23-2)14(12)15(11)19/h6-9H,3-5H2,1-2H3. The number of carbonyl (C=O) groups is 1. The number of ether oxygens (including phenoxy) is 2. The molecule has 1 saturated carbocycles. The number of non-ortho nitro benzene ring substituents is 1. The molecule has 0 bridgehead atoms. The van der Waals surface area contributed by atoms with Gasteiger partial charge in [0.15, 0.2) is 0 Å². The molecule has 24 heavy (non-hydrogen) atoms. The first-order chi connectivity index (χ1) is 11.5. The van der Waals surface area contributed by atoms with E-state index in [1.807, 2.05) is 0 Å². The Hall–Kier alpha value is -2.90. The molecule has 0 N–H and O–H groups in total. The minimum Gasteiger partial charge on any atom is -0.496 e. The number of methoxy groups -OCH3 is 1. The summed E-state index contributed by atoms with van der Waals surface area (Å²) in [5.74, 6) is -0.635. The molecule has 3 rings (SSSR count). The monoisotopic (exact) mass is 332 g/mol. The summed E-state index contributed by atoms with van der Waals surface area (Å²) in [6, 6.07) is 2.63. The van der Waals surface area contributed by atoms with E-state index in [1.165, 1.54) is 25.4 Å². The van der Waals surface area contributed by atoms with Crippen LogP contribution in [0.3, 0.4) is 0 Å². The van der Waals surface area contributed by atoms with Gasteiger partial charge in [0.2, 0.25) is 5.43 Å². The normalized spacial score (nSPS) is 13.8. The predicted molar refractivity (Wildman–Crippen MR) is 85.6 cm³/mol. The zero-order valence-electron chi connectivity index (χ0n) is 13.3. The lowest BCUT2D eigenvalue weighted by Crippen LogP contribution is -2.21. The van der Waals surface area contributed by atoms with Crippen molar-refractivity contribution in [2.75, 3.05) is 13.7 Å². The first kappa shape index (κ1) is 16.0. The largest absolute Gasteiger partial charge is 0.496 e. The van der Waals surface area contributed by atoms with Crippen LogP contribution in [0.25, 0.3) is 10.9 Å². The zero-order chi connectivity index (χ0) is 17.4. The lowest BCUT2D eigenvalue weighted by atomic mass is 10.1. The van der Waals surface area contributed by atoms with Gasteiger partial charge in [0.05, 0.1) is 35.6 Å². The van der Waals surface area contributed by atoms with Crippen molar-refractivity contribution in [3.05, 3.63) is 44.2 Å². The van der Waals surface area contributed by atoms with E-state index in [4.69, 9.17) is 9.47 Å². The summed E-state index contributed by atoms with van der Waals surface area (Å²) < 4.78 is 11.9. The molecule has 8 nitrogen and oxygen atoms in total. The van der Waals surface area contributed by atoms with E-state index in [9.17, 15) is 19.7 Å². The summed E-state index contributed by atoms with van der Waals surface area (Å²) in [6.45, 7) is 1.81. The van der Waals surface area contributed by atoms with E-state index in [-0.39, 0.29) is 35.0 Å². The van der Waals surface area contributed by atoms with Crippen molar-refractivity contribution in [2.45, 2.75) is 25.8 Å². The molecular formula is C16H16N2O6. The Bertz CT molecular complexity index is 898. The summed E-state index contributed by atoms with van der Waals surface area (Å²) >= 11 is 0. The topological polar surface area (TPSA) is 101 Å². The molecule has 0 atom stereocenters. The van der Waals surface area contributed by atoms with Crippen molar-refractivity contribution < 1.29 is 19.2 Å². The molecule has 0 spiro atoms. The number of pyridine rings is 1. The lowest BCUT2D eigenvalue weighted by Gasteiger charge is -2.14. The van der Waals surface area contributed by atoms with Crippen LogP contribution in [0.4, 0.5) is 5.69 Å². The van der Waals surface area contributed by atoms with Gasteiger partial charge in [0, 0.05) is 18.3 Å². The maximum Gasteiger partial charge on any atom is 0.343 e. The minimum atomic E-state index is -0.709. The van der Waals surface area contributed by atoms with Crippen LogP contribution in [-0.4, -0.2) is 29.2 Å². The summed E-state index contributed by atoms with van der Waals surface area (Å²) in [5.41, 5.74) is -0.422. The molecule has 0 unspecified atom stereocenters. The van der Waals surface area contributed by atoms with Gasteiger partial charge in [-0.15, -0.1) is 0 Å². The van der Waals surface area contributed by atoms with Gasteiger partial charge in [-0.2, -0.15) is 0 Å². The number of esters is 1. The predicted octanol–water partition coefficient (Wildman–Crippen LogP) is 2.43. The molecule has 0 amide bonds. The Balaban J connectivity index is 2.38. The van der Waals surface area contributed by atoms with Crippen molar-refractivity contribution in [1.29, 1.82) is 0 Å². The second kappa shape index (κ2) is 5.95. The highest BCUT2D eigenvalue weighted by Gasteiger charge is 2.29. The molecule has 2 aromatic rings. The number of aromatic nitrogens is 1. The fraction of sp³-hybridized carbons (Fsp3) is 0.375. The van der Waals surface area contributed by atoms with Crippen LogP contribution in [0.1, 0.15) is 36.2 Å². The number of hydrogen-bond donors (Lipinski definition) is 0. The third-order valence-corrected chi connectivity index (χ3v) is 3.95. The zero-order valence-corrected chi connectivity index (χ0v) is 13.3. The molecule has 126 valence electrons. The van der Waals surface area contributed by atoms with Crippen LogP contribution in [-0.2, 0) is 4.74 Å². The number of rotatable bonds is 5. The second-order valence-corrected chi connectivity index (χ2v) is 5.53. The highest BCUT2D eigenvalue weighted by molar-refractivity contribution is 5.96. The Morgan fingerprint density at radius 1 is 1.42 bits per heavy atom. The molecule has 0 aliphatic heterocycles. The number of fused-ring (bicyclic) bond motifs is 1. The van der Waals surface area contributed by atoms with Crippen molar-refractivity contribution in [3.8, 4) is 5.75 Å². The van der Waals surface area contributed by atoms with Gasteiger partial charge in [-0.1, -0.05) is 0 Å². The Morgan fingerprint density at radius 3 is 2.67 bits per heavy atom. The first-order valence-corrected chi connectivity index (χ1v) is 7.56. The molecule has 1 aromatic heterocycles. The fourth-order valence-electron chi connectivity index (χ4n) is 2.70. The number of hydrogen-bond acceptors (Lipinski definition) is 6. The highest BCUT2D eigenvalue weighted by Crippen LogP contribution is 2.39. The molecule has 0 radical (unpaired) electrons. The van der Waals surface area contributed by atoms with Gasteiger partial charge in [0.1, 0.15) is 11.3 Å². The number of nitro groups is 1. The first-order valence-electron chi connectivity index (χ1n) is 7.56. The average Bonchev–Trinajstić information content (AvgIpc) is 3.39. The molecule has 0 saturated heterocycles. The molecule has 1 aliphatic carbocycles. The van der Waals surface area contributed by atoms with Gasteiger partial charge in [-0.25, -0.2) is 4.79 Å². The molecular weight excluding hydrogens is 316 g/mol. The minimum absolute atomic E-state index is 0.0738. The van der Waals surface area contributed by atoms with E-state index in [1.54, 1.807) is 11.5 Å². The van der Waals surface area contributed by atoms with Crippen LogP contribution in [0, 0.1) is 10.1 Å². The van der Waals surface area contributed by atoms with Crippen LogP contribution in [0.5, 0.6) is 5.75 Å². The van der Waals surface area contributed by atoms with Crippen molar-refractivity contribution in [2.24, 2.45) is 0 Å². The summed E-state index contributed by atoms with van der Waals surface area (Å²) in [7, 11) is 1.33. The molecule has 1 aliphatic rings. The van der Waals surface area contributed by atoms with E-state index in [0.29, 0.717) is 5.52 Å². The van der Waals surface area contributed by atoms with Crippen LogP contribution in [0.15, 0.2) is 23.1 Å². The van der Waals surface area contributed by atoms with Gasteiger partial charge >= 0.3 is 5.97 Å². The second-order valence-electron chi connectivity index (χ2n) is 5.53. The molecule has 1 heterocycles. The number of nitrogens with zero attached hydrogens (tertiary/aromatic N) is 2.